The number of hydrogen-bond acceptors (Lipinski definition) is 3. The second-order valence-electron chi connectivity index (χ2n) is 4.34. The number of carbonyl (C=O) groups is 2. The van der Waals surface area contributed by atoms with E-state index in [0.717, 1.165) is 0 Å². The van der Waals surface area contributed by atoms with Crippen molar-refractivity contribution in [3.8, 4) is 5.75 Å². The second kappa shape index (κ2) is 7.23. The lowest BCUT2D eigenvalue weighted by atomic mass is 10.2. The number of halogens is 2. The number of carbonyl (C=O) groups excluding carboxylic acids is 1. The normalized spacial score (nSPS) is 13.4. The van der Waals surface area contributed by atoms with Crippen molar-refractivity contribution in [2.24, 2.45) is 0 Å². The highest BCUT2D eigenvalue weighted by molar-refractivity contribution is 9.10. The van der Waals surface area contributed by atoms with Crippen LogP contribution in [0.3, 0.4) is 0 Å². The zero-order valence-corrected chi connectivity index (χ0v) is 12.6. The van der Waals surface area contributed by atoms with E-state index in [2.05, 4.69) is 21.2 Å². The van der Waals surface area contributed by atoms with Crippen molar-refractivity contribution in [2.45, 2.75) is 32.4 Å². The van der Waals surface area contributed by atoms with Gasteiger partial charge in [0.15, 0.2) is 6.10 Å². The third kappa shape index (κ3) is 5.16. The van der Waals surface area contributed by atoms with Gasteiger partial charge in [-0.05, 0) is 48.0 Å². The van der Waals surface area contributed by atoms with Gasteiger partial charge >= 0.3 is 5.97 Å². The number of amides is 1. The van der Waals surface area contributed by atoms with Gasteiger partial charge in [0.05, 0.1) is 10.9 Å². The molecule has 5 nitrogen and oxygen atoms in total. The van der Waals surface area contributed by atoms with Crippen LogP contribution in [0.2, 0.25) is 0 Å². The van der Waals surface area contributed by atoms with Gasteiger partial charge in [-0.15, -0.1) is 0 Å². The fraction of sp³-hybridized carbons (Fsp3) is 0.385. The molecule has 2 atom stereocenters. The predicted molar refractivity (Wildman–Crippen MR) is 74.0 cm³/mol. The minimum Gasteiger partial charge on any atom is -0.481 e. The number of carboxylic acids is 1. The third-order valence-electron chi connectivity index (χ3n) is 2.44. The van der Waals surface area contributed by atoms with Gasteiger partial charge in [-0.3, -0.25) is 9.59 Å². The summed E-state index contributed by atoms with van der Waals surface area (Å²) < 4.78 is 18.7. The van der Waals surface area contributed by atoms with Gasteiger partial charge in [-0.1, -0.05) is 0 Å². The molecule has 2 unspecified atom stereocenters. The minimum atomic E-state index is -0.993. The maximum absolute atomic E-state index is 12.9. The lowest BCUT2D eigenvalue weighted by molar-refractivity contribution is -0.137. The zero-order valence-electron chi connectivity index (χ0n) is 11.0. The van der Waals surface area contributed by atoms with Crippen LogP contribution in [0.4, 0.5) is 4.39 Å². The first kappa shape index (κ1) is 16.4. The molecule has 0 spiro atoms. The molecule has 0 aliphatic rings. The van der Waals surface area contributed by atoms with Crippen LogP contribution in [0.1, 0.15) is 20.3 Å². The lowest BCUT2D eigenvalue weighted by Crippen LogP contribution is -2.42. The molecular weight excluding hydrogens is 333 g/mol. The molecule has 1 rings (SSSR count). The summed E-state index contributed by atoms with van der Waals surface area (Å²) in [4.78, 5) is 22.3. The molecule has 20 heavy (non-hydrogen) atoms. The Morgan fingerprint density at radius 1 is 1.45 bits per heavy atom. The van der Waals surface area contributed by atoms with Gasteiger partial charge in [0, 0.05) is 6.04 Å². The Labute approximate surface area is 124 Å². The van der Waals surface area contributed by atoms with Gasteiger partial charge < -0.3 is 15.2 Å². The van der Waals surface area contributed by atoms with Crippen LogP contribution < -0.4 is 10.1 Å². The highest BCUT2D eigenvalue weighted by Gasteiger charge is 2.19. The smallest absolute Gasteiger partial charge is 0.305 e. The molecule has 0 bridgehead atoms. The van der Waals surface area contributed by atoms with Gasteiger partial charge in [0.1, 0.15) is 11.6 Å². The number of aliphatic carboxylic acids is 1. The molecule has 0 aliphatic carbocycles. The number of ether oxygens (including phenoxy) is 1. The van der Waals surface area contributed by atoms with Crippen LogP contribution in [0.15, 0.2) is 22.7 Å². The average Bonchev–Trinajstić information content (AvgIpc) is 2.31. The Hall–Kier alpha value is -1.63. The maximum Gasteiger partial charge on any atom is 0.305 e. The van der Waals surface area contributed by atoms with Gasteiger partial charge in [0.2, 0.25) is 0 Å². The summed E-state index contributed by atoms with van der Waals surface area (Å²) in [7, 11) is 0. The van der Waals surface area contributed by atoms with Crippen molar-refractivity contribution in [3.63, 3.8) is 0 Å². The molecule has 0 radical (unpaired) electrons. The molecular formula is C13H15BrFNO4. The van der Waals surface area contributed by atoms with Crippen LogP contribution in [-0.4, -0.2) is 29.1 Å². The Morgan fingerprint density at radius 2 is 2.10 bits per heavy atom. The number of carboxylic acid groups (broad SMARTS) is 1. The third-order valence-corrected chi connectivity index (χ3v) is 3.06. The predicted octanol–water partition coefficient (Wildman–Crippen LogP) is 2.33. The van der Waals surface area contributed by atoms with Crippen LogP contribution >= 0.6 is 15.9 Å². The molecule has 7 heteroatoms. The van der Waals surface area contributed by atoms with Crippen molar-refractivity contribution >= 4 is 27.8 Å². The molecule has 0 aromatic heterocycles. The Morgan fingerprint density at radius 3 is 2.65 bits per heavy atom. The first-order chi connectivity index (χ1) is 9.29. The number of rotatable bonds is 6. The molecule has 110 valence electrons. The molecule has 1 amide bonds. The summed E-state index contributed by atoms with van der Waals surface area (Å²) in [5.41, 5.74) is 0. The van der Waals surface area contributed by atoms with Gasteiger partial charge in [0.25, 0.3) is 5.91 Å². The van der Waals surface area contributed by atoms with Crippen LogP contribution in [0.5, 0.6) is 5.75 Å². The van der Waals surface area contributed by atoms with Gasteiger partial charge in [-0.2, -0.15) is 0 Å². The van der Waals surface area contributed by atoms with E-state index in [1.807, 2.05) is 0 Å². The van der Waals surface area contributed by atoms with E-state index in [1.54, 1.807) is 6.92 Å². The van der Waals surface area contributed by atoms with Crippen molar-refractivity contribution in [3.05, 3.63) is 28.5 Å². The summed E-state index contributed by atoms with van der Waals surface area (Å²) in [5.74, 6) is -1.51. The van der Waals surface area contributed by atoms with Crippen molar-refractivity contribution in [1.82, 2.24) is 5.32 Å². The zero-order chi connectivity index (χ0) is 15.3. The van der Waals surface area contributed by atoms with E-state index in [1.165, 1.54) is 25.1 Å². The van der Waals surface area contributed by atoms with E-state index in [9.17, 15) is 14.0 Å². The Kier molecular flexibility index (Phi) is 5.94. The van der Waals surface area contributed by atoms with Gasteiger partial charge in [-0.25, -0.2) is 4.39 Å². The quantitative estimate of drug-likeness (QED) is 0.828. The van der Waals surface area contributed by atoms with E-state index in [4.69, 9.17) is 9.84 Å². The monoisotopic (exact) mass is 347 g/mol. The van der Waals surface area contributed by atoms with Crippen molar-refractivity contribution < 1.29 is 23.8 Å². The average molecular weight is 348 g/mol. The largest absolute Gasteiger partial charge is 0.481 e. The van der Waals surface area contributed by atoms with Crippen LogP contribution in [-0.2, 0) is 9.59 Å². The van der Waals surface area contributed by atoms with E-state index < -0.39 is 29.8 Å². The molecule has 0 saturated carbocycles. The maximum atomic E-state index is 12.9. The number of nitrogens with one attached hydrogen (secondary N) is 1. The van der Waals surface area contributed by atoms with Crippen LogP contribution in [0, 0.1) is 5.82 Å². The summed E-state index contributed by atoms with van der Waals surface area (Å²) in [6.45, 7) is 3.12. The molecule has 0 saturated heterocycles. The molecule has 1 aromatic carbocycles. The lowest BCUT2D eigenvalue weighted by Gasteiger charge is -2.18. The van der Waals surface area contributed by atoms with Crippen LogP contribution in [0.25, 0.3) is 0 Å². The molecule has 2 N–H and O–H groups in total. The minimum absolute atomic E-state index is 0.168. The van der Waals surface area contributed by atoms with E-state index in [-0.39, 0.29) is 6.42 Å². The fourth-order valence-electron chi connectivity index (χ4n) is 1.49. The first-order valence-corrected chi connectivity index (χ1v) is 6.72. The van der Waals surface area contributed by atoms with E-state index >= 15 is 0 Å². The van der Waals surface area contributed by atoms with Crippen molar-refractivity contribution in [2.75, 3.05) is 0 Å². The molecule has 0 heterocycles. The Bertz CT molecular complexity index is 509. The fourth-order valence-corrected chi connectivity index (χ4v) is 1.93. The molecule has 1 aromatic rings. The number of benzene rings is 1. The van der Waals surface area contributed by atoms with Crippen molar-refractivity contribution in [1.29, 1.82) is 0 Å². The SMILES string of the molecule is CC(CC(=O)O)NC(=O)C(C)Oc1ccc(F)cc1Br. The molecule has 0 aliphatic heterocycles. The topological polar surface area (TPSA) is 75.6 Å². The van der Waals surface area contributed by atoms with E-state index in [0.29, 0.717) is 10.2 Å². The highest BCUT2D eigenvalue weighted by Crippen LogP contribution is 2.26. The summed E-state index contributed by atoms with van der Waals surface area (Å²) in [5, 5.41) is 11.1. The summed E-state index contributed by atoms with van der Waals surface area (Å²) in [6.07, 6.45) is -0.994. The molecule has 0 fully saturated rings. The summed E-state index contributed by atoms with van der Waals surface area (Å²) >= 11 is 3.13. The summed E-state index contributed by atoms with van der Waals surface area (Å²) in [6, 6.07) is 3.36. The first-order valence-electron chi connectivity index (χ1n) is 5.93. The Balaban J connectivity index is 2.59. The standard InChI is InChI=1S/C13H15BrFNO4/c1-7(5-12(17)18)16-13(19)8(2)20-11-4-3-9(15)6-10(11)14/h3-4,6-8H,5H2,1-2H3,(H,16,19)(H,17,18). The highest BCUT2D eigenvalue weighted by atomic mass is 79.9. The number of hydrogen-bond donors (Lipinski definition) is 2. The second-order valence-corrected chi connectivity index (χ2v) is 5.20.